The highest BCUT2D eigenvalue weighted by atomic mass is 16.2. The van der Waals surface area contributed by atoms with Crippen LogP contribution in [-0.2, 0) is 0 Å². The van der Waals surface area contributed by atoms with Gasteiger partial charge in [0, 0.05) is 16.5 Å². The summed E-state index contributed by atoms with van der Waals surface area (Å²) in [5.41, 5.74) is 6.02. The summed E-state index contributed by atoms with van der Waals surface area (Å²) in [7, 11) is 0. The maximum absolute atomic E-state index is 14.1. The molecular weight excluding hydrogens is 454 g/mol. The standard InChI is InChI=1S/C34H29NO2/c1-20(2)23-13-8-14-24(21(3)4)32(23)35-33(36)29-17-9-16-28-27(18-19-30(31(28)29)34(35)37)26-15-7-11-22-10-5-6-12-25(22)26/h5-21H,1-4H3. The zero-order valence-electron chi connectivity index (χ0n) is 21.6. The van der Waals surface area contributed by atoms with E-state index in [0.717, 1.165) is 49.5 Å². The average Bonchev–Trinajstić information content (AvgIpc) is 2.91. The molecule has 5 aromatic carbocycles. The van der Waals surface area contributed by atoms with Gasteiger partial charge in [-0.2, -0.15) is 0 Å². The zero-order valence-corrected chi connectivity index (χ0v) is 21.6. The molecule has 0 bridgehead atoms. The summed E-state index contributed by atoms with van der Waals surface area (Å²) in [5, 5.41) is 3.97. The summed E-state index contributed by atoms with van der Waals surface area (Å²) in [6, 6.07) is 30.4. The maximum atomic E-state index is 14.1. The van der Waals surface area contributed by atoms with Crippen LogP contribution in [0.5, 0.6) is 0 Å². The van der Waals surface area contributed by atoms with Crippen LogP contribution in [0.3, 0.4) is 0 Å². The van der Waals surface area contributed by atoms with Gasteiger partial charge in [-0.3, -0.25) is 9.59 Å². The van der Waals surface area contributed by atoms with E-state index in [1.54, 1.807) is 0 Å². The number of amides is 2. The number of carbonyl (C=O) groups excluding carboxylic acids is 2. The number of fused-ring (bicyclic) bond motifs is 1. The normalized spacial score (nSPS) is 13.4. The van der Waals surface area contributed by atoms with Crippen LogP contribution in [0.15, 0.2) is 91.0 Å². The minimum absolute atomic E-state index is 0.167. The van der Waals surface area contributed by atoms with E-state index in [9.17, 15) is 9.59 Å². The summed E-state index contributed by atoms with van der Waals surface area (Å²) < 4.78 is 0. The molecule has 1 aliphatic heterocycles. The molecule has 0 aliphatic carbocycles. The first-order valence-corrected chi connectivity index (χ1v) is 12.9. The minimum atomic E-state index is -0.256. The summed E-state index contributed by atoms with van der Waals surface area (Å²) in [6.45, 7) is 8.42. The van der Waals surface area contributed by atoms with Gasteiger partial charge in [0.05, 0.1) is 5.69 Å². The molecule has 3 nitrogen and oxygen atoms in total. The van der Waals surface area contributed by atoms with E-state index >= 15 is 0 Å². The Kier molecular flexibility index (Phi) is 5.45. The number of carbonyl (C=O) groups is 2. The Morgan fingerprint density at radius 2 is 1.00 bits per heavy atom. The van der Waals surface area contributed by atoms with Gasteiger partial charge in [0.15, 0.2) is 0 Å². The molecule has 0 N–H and O–H groups in total. The van der Waals surface area contributed by atoms with Crippen LogP contribution in [0, 0.1) is 0 Å². The quantitative estimate of drug-likeness (QED) is 0.240. The molecule has 0 saturated carbocycles. The molecule has 0 fully saturated rings. The summed E-state index contributed by atoms with van der Waals surface area (Å²) in [4.78, 5) is 29.7. The van der Waals surface area contributed by atoms with E-state index in [-0.39, 0.29) is 23.7 Å². The molecule has 37 heavy (non-hydrogen) atoms. The number of imide groups is 1. The molecule has 0 radical (unpaired) electrons. The molecule has 0 saturated heterocycles. The first kappa shape index (κ1) is 23.2. The lowest BCUT2D eigenvalue weighted by Gasteiger charge is -2.32. The molecule has 0 atom stereocenters. The highest BCUT2D eigenvalue weighted by Gasteiger charge is 2.37. The molecule has 2 amide bonds. The molecule has 1 aliphatic rings. The van der Waals surface area contributed by atoms with Crippen LogP contribution >= 0.6 is 0 Å². The first-order chi connectivity index (χ1) is 17.9. The molecule has 6 rings (SSSR count). The van der Waals surface area contributed by atoms with Crippen molar-refractivity contribution in [2.45, 2.75) is 39.5 Å². The average molecular weight is 484 g/mol. The third-order valence-electron chi connectivity index (χ3n) is 7.55. The lowest BCUT2D eigenvalue weighted by Crippen LogP contribution is -2.41. The van der Waals surface area contributed by atoms with E-state index < -0.39 is 0 Å². The molecule has 5 aromatic rings. The van der Waals surface area contributed by atoms with Crippen molar-refractivity contribution in [3.05, 3.63) is 113 Å². The van der Waals surface area contributed by atoms with Crippen LogP contribution < -0.4 is 4.90 Å². The number of nitrogens with zero attached hydrogens (tertiary/aromatic N) is 1. The van der Waals surface area contributed by atoms with Crippen LogP contribution in [0.25, 0.3) is 32.7 Å². The van der Waals surface area contributed by atoms with Crippen molar-refractivity contribution >= 4 is 39.0 Å². The predicted molar refractivity (Wildman–Crippen MR) is 153 cm³/mol. The largest absolute Gasteiger partial charge is 0.268 e. The van der Waals surface area contributed by atoms with Crippen LogP contribution in [-0.4, -0.2) is 11.8 Å². The monoisotopic (exact) mass is 483 g/mol. The van der Waals surface area contributed by atoms with Crippen molar-refractivity contribution in [1.82, 2.24) is 0 Å². The van der Waals surface area contributed by atoms with Gasteiger partial charge in [0.1, 0.15) is 0 Å². The van der Waals surface area contributed by atoms with Crippen molar-refractivity contribution in [1.29, 1.82) is 0 Å². The van der Waals surface area contributed by atoms with E-state index in [4.69, 9.17) is 0 Å². The summed E-state index contributed by atoms with van der Waals surface area (Å²) in [5.74, 6) is -0.179. The zero-order chi connectivity index (χ0) is 25.8. The molecule has 0 spiro atoms. The van der Waals surface area contributed by atoms with E-state index in [1.807, 2.05) is 60.7 Å². The first-order valence-electron chi connectivity index (χ1n) is 12.9. The van der Waals surface area contributed by atoms with Gasteiger partial charge in [0.2, 0.25) is 0 Å². The van der Waals surface area contributed by atoms with Gasteiger partial charge in [-0.25, -0.2) is 4.90 Å². The Hall–Kier alpha value is -4.24. The molecule has 182 valence electrons. The van der Waals surface area contributed by atoms with E-state index in [1.165, 1.54) is 4.90 Å². The number of hydrogen-bond donors (Lipinski definition) is 0. The second-order valence-electron chi connectivity index (χ2n) is 10.5. The predicted octanol–water partition coefficient (Wildman–Crippen LogP) is 8.71. The third-order valence-corrected chi connectivity index (χ3v) is 7.55. The third kappa shape index (κ3) is 3.49. The number of para-hydroxylation sites is 1. The smallest absolute Gasteiger partial charge is 0.266 e. The van der Waals surface area contributed by atoms with E-state index in [0.29, 0.717) is 11.1 Å². The van der Waals surface area contributed by atoms with Crippen molar-refractivity contribution in [3.8, 4) is 11.1 Å². The lowest BCUT2D eigenvalue weighted by atomic mass is 9.86. The fourth-order valence-corrected chi connectivity index (χ4v) is 5.76. The van der Waals surface area contributed by atoms with E-state index in [2.05, 4.69) is 58.0 Å². The maximum Gasteiger partial charge on any atom is 0.266 e. The van der Waals surface area contributed by atoms with Crippen molar-refractivity contribution in [2.75, 3.05) is 4.90 Å². The Morgan fingerprint density at radius 3 is 1.70 bits per heavy atom. The van der Waals surface area contributed by atoms with Gasteiger partial charge >= 0.3 is 0 Å². The topological polar surface area (TPSA) is 37.4 Å². The van der Waals surface area contributed by atoms with Crippen LogP contribution in [0.4, 0.5) is 5.69 Å². The van der Waals surface area contributed by atoms with Gasteiger partial charge in [-0.05, 0) is 62.4 Å². The fourth-order valence-electron chi connectivity index (χ4n) is 5.76. The van der Waals surface area contributed by atoms with Crippen molar-refractivity contribution < 1.29 is 9.59 Å². The van der Waals surface area contributed by atoms with Gasteiger partial charge in [-0.1, -0.05) is 107 Å². The number of anilines is 1. The molecule has 1 heterocycles. The summed E-state index contributed by atoms with van der Waals surface area (Å²) in [6.07, 6.45) is 0. The van der Waals surface area contributed by atoms with Crippen LogP contribution in [0.2, 0.25) is 0 Å². The van der Waals surface area contributed by atoms with Crippen molar-refractivity contribution in [2.24, 2.45) is 0 Å². The Morgan fingerprint density at radius 1 is 0.514 bits per heavy atom. The Labute approximate surface area is 217 Å². The summed E-state index contributed by atoms with van der Waals surface area (Å²) >= 11 is 0. The highest BCUT2D eigenvalue weighted by Crippen LogP contribution is 2.43. The van der Waals surface area contributed by atoms with Gasteiger partial charge < -0.3 is 0 Å². The second-order valence-corrected chi connectivity index (χ2v) is 10.5. The number of rotatable bonds is 4. The second kappa shape index (κ2) is 8.70. The Balaban J connectivity index is 1.61. The SMILES string of the molecule is CC(C)c1cccc(C(C)C)c1N1C(=O)c2cccc3c(-c4cccc5ccccc45)ccc(c23)C1=O. The number of benzene rings is 5. The van der Waals surface area contributed by atoms with Crippen LogP contribution in [0.1, 0.15) is 71.4 Å². The highest BCUT2D eigenvalue weighted by molar-refractivity contribution is 6.37. The van der Waals surface area contributed by atoms with Gasteiger partial charge in [0.25, 0.3) is 11.8 Å². The lowest BCUT2D eigenvalue weighted by molar-refractivity contribution is 0.0893. The Bertz CT molecular complexity index is 1670. The molecule has 0 unspecified atom stereocenters. The molecule has 3 heteroatoms. The number of hydrogen-bond acceptors (Lipinski definition) is 2. The van der Waals surface area contributed by atoms with Gasteiger partial charge in [-0.15, -0.1) is 0 Å². The fraction of sp³-hybridized carbons (Fsp3) is 0.176. The minimum Gasteiger partial charge on any atom is -0.268 e. The molecular formula is C34H29NO2. The van der Waals surface area contributed by atoms with Crippen molar-refractivity contribution in [3.63, 3.8) is 0 Å². The molecule has 0 aromatic heterocycles.